The third kappa shape index (κ3) is 3.34. The van der Waals surface area contributed by atoms with Crippen LogP contribution in [0.3, 0.4) is 0 Å². The van der Waals surface area contributed by atoms with Crippen molar-refractivity contribution in [3.05, 3.63) is 11.7 Å². The monoisotopic (exact) mass is 280 g/mol. The number of nitrogens with one attached hydrogen (secondary N) is 1. The largest absolute Gasteiger partial charge is 0.354 e. The summed E-state index contributed by atoms with van der Waals surface area (Å²) in [5, 5.41) is 6.62. The van der Waals surface area contributed by atoms with Crippen molar-refractivity contribution >= 4 is 11.8 Å². The smallest absolute Gasteiger partial charge is 0.242 e. The summed E-state index contributed by atoms with van der Waals surface area (Å²) in [5.41, 5.74) is 0. The number of amides is 2. The van der Waals surface area contributed by atoms with Crippen molar-refractivity contribution in [3.8, 4) is 0 Å². The minimum Gasteiger partial charge on any atom is -0.354 e. The number of nitrogens with zero attached hydrogens (tertiary/aromatic N) is 3. The van der Waals surface area contributed by atoms with Crippen LogP contribution in [0.15, 0.2) is 4.52 Å². The van der Waals surface area contributed by atoms with Crippen molar-refractivity contribution in [1.82, 2.24) is 20.4 Å². The average Bonchev–Trinajstić information content (AvgIpc) is 3.07. The van der Waals surface area contributed by atoms with E-state index in [4.69, 9.17) is 4.52 Å². The summed E-state index contributed by atoms with van der Waals surface area (Å²) < 4.78 is 5.05. The van der Waals surface area contributed by atoms with Gasteiger partial charge in [0.15, 0.2) is 5.82 Å². The average molecular weight is 280 g/mol. The van der Waals surface area contributed by atoms with Crippen LogP contribution >= 0.6 is 0 Å². The van der Waals surface area contributed by atoms with Gasteiger partial charge >= 0.3 is 0 Å². The molecule has 1 aliphatic heterocycles. The van der Waals surface area contributed by atoms with Crippen LogP contribution in [0.5, 0.6) is 0 Å². The number of rotatable bonds is 5. The van der Waals surface area contributed by atoms with E-state index in [1.165, 1.54) is 6.92 Å². The van der Waals surface area contributed by atoms with E-state index in [0.717, 1.165) is 19.3 Å². The van der Waals surface area contributed by atoms with Gasteiger partial charge < -0.3 is 14.7 Å². The van der Waals surface area contributed by atoms with Crippen molar-refractivity contribution in [3.63, 3.8) is 0 Å². The number of likely N-dealkylation sites (tertiary alicyclic amines) is 1. The van der Waals surface area contributed by atoms with Crippen LogP contribution in [0.25, 0.3) is 0 Å². The van der Waals surface area contributed by atoms with Crippen LogP contribution in [0.2, 0.25) is 0 Å². The highest BCUT2D eigenvalue weighted by Gasteiger charge is 2.31. The first kappa shape index (κ1) is 14.5. The molecule has 110 valence electrons. The van der Waals surface area contributed by atoms with Crippen LogP contribution in [-0.4, -0.2) is 46.0 Å². The molecule has 1 aromatic rings. The lowest BCUT2D eigenvalue weighted by molar-refractivity contribution is -0.136. The summed E-state index contributed by atoms with van der Waals surface area (Å²) in [6.07, 6.45) is 2.84. The predicted molar refractivity (Wildman–Crippen MR) is 70.8 cm³/mol. The van der Waals surface area contributed by atoms with Crippen molar-refractivity contribution in [2.45, 2.75) is 45.6 Å². The van der Waals surface area contributed by atoms with Gasteiger partial charge in [0.05, 0.1) is 0 Å². The van der Waals surface area contributed by atoms with Gasteiger partial charge in [0, 0.05) is 32.9 Å². The fraction of sp³-hybridized carbons (Fsp3) is 0.692. The predicted octanol–water partition coefficient (Wildman–Crippen LogP) is 0.302. The lowest BCUT2D eigenvalue weighted by Gasteiger charge is -2.22. The Morgan fingerprint density at radius 3 is 2.95 bits per heavy atom. The van der Waals surface area contributed by atoms with Gasteiger partial charge in [-0.3, -0.25) is 9.59 Å². The van der Waals surface area contributed by atoms with Crippen LogP contribution in [0, 0.1) is 0 Å². The molecule has 0 radical (unpaired) electrons. The Bertz CT molecular complexity index is 486. The molecule has 1 saturated heterocycles. The molecule has 20 heavy (non-hydrogen) atoms. The fourth-order valence-corrected chi connectivity index (χ4v) is 2.36. The SMILES string of the molecule is CCc1noc(CCNC(=O)[C@@H]2CCCN2C(C)=O)n1. The van der Waals surface area contributed by atoms with Crippen LogP contribution < -0.4 is 5.32 Å². The number of aryl methyl sites for hydroxylation is 1. The van der Waals surface area contributed by atoms with Crippen LogP contribution in [0.1, 0.15) is 38.4 Å². The molecule has 1 aromatic heterocycles. The Labute approximate surface area is 117 Å². The zero-order valence-corrected chi connectivity index (χ0v) is 11.9. The second-order valence-electron chi connectivity index (χ2n) is 4.87. The molecule has 2 rings (SSSR count). The maximum Gasteiger partial charge on any atom is 0.242 e. The van der Waals surface area contributed by atoms with Gasteiger partial charge in [-0.05, 0) is 12.8 Å². The normalized spacial score (nSPS) is 18.3. The van der Waals surface area contributed by atoms with Gasteiger partial charge in [-0.15, -0.1) is 0 Å². The minimum absolute atomic E-state index is 0.0489. The molecule has 0 unspecified atom stereocenters. The fourth-order valence-electron chi connectivity index (χ4n) is 2.36. The molecule has 1 atom stereocenters. The molecule has 0 saturated carbocycles. The van der Waals surface area contributed by atoms with Gasteiger partial charge in [-0.25, -0.2) is 0 Å². The van der Waals surface area contributed by atoms with Gasteiger partial charge in [0.25, 0.3) is 0 Å². The van der Waals surface area contributed by atoms with Gasteiger partial charge in [-0.1, -0.05) is 12.1 Å². The molecular formula is C13H20N4O3. The molecule has 1 N–H and O–H groups in total. The number of carbonyl (C=O) groups is 2. The van der Waals surface area contributed by atoms with Crippen molar-refractivity contribution in [2.75, 3.05) is 13.1 Å². The van der Waals surface area contributed by atoms with Crippen molar-refractivity contribution in [1.29, 1.82) is 0 Å². The Hall–Kier alpha value is -1.92. The molecule has 7 heteroatoms. The third-order valence-electron chi connectivity index (χ3n) is 3.42. The summed E-state index contributed by atoms with van der Waals surface area (Å²) in [5.74, 6) is 1.04. The third-order valence-corrected chi connectivity index (χ3v) is 3.42. The molecule has 0 aromatic carbocycles. The molecule has 0 bridgehead atoms. The Morgan fingerprint density at radius 1 is 1.50 bits per heavy atom. The Kier molecular flexibility index (Phi) is 4.70. The summed E-state index contributed by atoms with van der Waals surface area (Å²) in [6, 6.07) is -0.332. The number of aromatic nitrogens is 2. The first-order valence-corrected chi connectivity index (χ1v) is 6.98. The molecule has 1 fully saturated rings. The Morgan fingerprint density at radius 2 is 2.30 bits per heavy atom. The zero-order valence-electron chi connectivity index (χ0n) is 11.9. The maximum atomic E-state index is 12.0. The highest BCUT2D eigenvalue weighted by Crippen LogP contribution is 2.17. The zero-order chi connectivity index (χ0) is 14.5. The lowest BCUT2D eigenvalue weighted by Crippen LogP contribution is -2.45. The molecular weight excluding hydrogens is 260 g/mol. The van der Waals surface area contributed by atoms with Gasteiger partial charge in [0.2, 0.25) is 17.7 Å². The van der Waals surface area contributed by atoms with Crippen LogP contribution in [-0.2, 0) is 22.4 Å². The topological polar surface area (TPSA) is 88.3 Å². The van der Waals surface area contributed by atoms with E-state index in [0.29, 0.717) is 31.2 Å². The van der Waals surface area contributed by atoms with E-state index in [1.807, 2.05) is 6.92 Å². The first-order chi connectivity index (χ1) is 9.61. The van der Waals surface area contributed by atoms with E-state index >= 15 is 0 Å². The van der Waals surface area contributed by atoms with E-state index in [9.17, 15) is 9.59 Å². The highest BCUT2D eigenvalue weighted by molar-refractivity contribution is 5.87. The standard InChI is InChI=1S/C13H20N4O3/c1-3-11-15-12(20-16-11)6-7-14-13(19)10-5-4-8-17(10)9(2)18/h10H,3-8H2,1-2H3,(H,14,19)/t10-/m0/s1. The minimum atomic E-state index is -0.332. The number of carbonyl (C=O) groups excluding carboxylic acids is 2. The molecule has 7 nitrogen and oxygen atoms in total. The van der Waals surface area contributed by atoms with Crippen molar-refractivity contribution in [2.24, 2.45) is 0 Å². The highest BCUT2D eigenvalue weighted by atomic mass is 16.5. The van der Waals surface area contributed by atoms with Gasteiger partial charge in [0.1, 0.15) is 6.04 Å². The molecule has 1 aliphatic rings. The first-order valence-electron chi connectivity index (χ1n) is 6.98. The molecule has 2 amide bonds. The quantitative estimate of drug-likeness (QED) is 0.838. The van der Waals surface area contributed by atoms with Crippen molar-refractivity contribution < 1.29 is 14.1 Å². The lowest BCUT2D eigenvalue weighted by atomic mass is 10.2. The number of hydrogen-bond donors (Lipinski definition) is 1. The summed E-state index contributed by atoms with van der Waals surface area (Å²) in [6.45, 7) is 4.55. The summed E-state index contributed by atoms with van der Waals surface area (Å²) >= 11 is 0. The van der Waals surface area contributed by atoms with Gasteiger partial charge in [-0.2, -0.15) is 4.98 Å². The van der Waals surface area contributed by atoms with Crippen LogP contribution in [0.4, 0.5) is 0 Å². The van der Waals surface area contributed by atoms with E-state index in [-0.39, 0.29) is 17.9 Å². The maximum absolute atomic E-state index is 12.0. The molecule has 0 aliphatic carbocycles. The van der Waals surface area contributed by atoms with E-state index < -0.39 is 0 Å². The second-order valence-corrected chi connectivity index (χ2v) is 4.87. The molecule has 2 heterocycles. The number of hydrogen-bond acceptors (Lipinski definition) is 5. The summed E-state index contributed by atoms with van der Waals surface area (Å²) in [4.78, 5) is 29.2. The summed E-state index contributed by atoms with van der Waals surface area (Å²) in [7, 11) is 0. The molecule has 0 spiro atoms. The Balaban J connectivity index is 1.78. The second kappa shape index (κ2) is 6.49. The van der Waals surface area contributed by atoms with E-state index in [1.54, 1.807) is 4.90 Å². The van der Waals surface area contributed by atoms with E-state index in [2.05, 4.69) is 15.5 Å².